The van der Waals surface area contributed by atoms with E-state index in [4.69, 9.17) is 5.73 Å². The molecule has 1 aromatic rings. The third kappa shape index (κ3) is 4.57. The summed E-state index contributed by atoms with van der Waals surface area (Å²) in [5.74, 6) is 1.85. The summed E-state index contributed by atoms with van der Waals surface area (Å²) in [6.07, 6.45) is 6.54. The van der Waals surface area contributed by atoms with Crippen molar-refractivity contribution in [1.29, 1.82) is 0 Å². The SMILES string of the molecule is NC(CCC(=O)N(CC1CC1)CC1CC1)c1ccccc1. The van der Waals surface area contributed by atoms with Crippen molar-refractivity contribution in [2.75, 3.05) is 13.1 Å². The first-order valence-corrected chi connectivity index (χ1v) is 8.30. The summed E-state index contributed by atoms with van der Waals surface area (Å²) in [6, 6.07) is 10.1. The van der Waals surface area contributed by atoms with Gasteiger partial charge in [0.1, 0.15) is 0 Å². The van der Waals surface area contributed by atoms with E-state index in [0.29, 0.717) is 12.3 Å². The van der Waals surface area contributed by atoms with E-state index in [1.807, 2.05) is 30.3 Å². The van der Waals surface area contributed by atoms with Crippen molar-refractivity contribution in [2.24, 2.45) is 17.6 Å². The van der Waals surface area contributed by atoms with Gasteiger partial charge in [-0.3, -0.25) is 4.79 Å². The molecule has 0 heterocycles. The molecule has 21 heavy (non-hydrogen) atoms. The van der Waals surface area contributed by atoms with Gasteiger partial charge in [-0.15, -0.1) is 0 Å². The summed E-state index contributed by atoms with van der Waals surface area (Å²) in [5, 5.41) is 0. The Balaban J connectivity index is 1.48. The van der Waals surface area contributed by atoms with Gasteiger partial charge in [0.15, 0.2) is 0 Å². The molecule has 0 saturated heterocycles. The van der Waals surface area contributed by atoms with Crippen molar-refractivity contribution in [2.45, 2.75) is 44.6 Å². The second kappa shape index (κ2) is 6.61. The van der Waals surface area contributed by atoms with Crippen LogP contribution in [0.5, 0.6) is 0 Å². The molecule has 0 aromatic heterocycles. The normalized spacial score (nSPS) is 19.3. The summed E-state index contributed by atoms with van der Waals surface area (Å²) >= 11 is 0. The van der Waals surface area contributed by atoms with Crippen LogP contribution in [0.3, 0.4) is 0 Å². The highest BCUT2D eigenvalue weighted by Crippen LogP contribution is 2.34. The molecular weight excluding hydrogens is 260 g/mol. The van der Waals surface area contributed by atoms with Crippen LogP contribution in [0.2, 0.25) is 0 Å². The van der Waals surface area contributed by atoms with Crippen molar-refractivity contribution in [3.8, 4) is 0 Å². The van der Waals surface area contributed by atoms with Crippen LogP contribution in [-0.4, -0.2) is 23.9 Å². The number of nitrogens with two attached hydrogens (primary N) is 1. The fraction of sp³-hybridized carbons (Fsp3) is 0.611. The summed E-state index contributed by atoms with van der Waals surface area (Å²) in [6.45, 7) is 1.96. The van der Waals surface area contributed by atoms with E-state index in [2.05, 4.69) is 4.90 Å². The molecule has 2 saturated carbocycles. The minimum Gasteiger partial charge on any atom is -0.342 e. The van der Waals surface area contributed by atoms with Crippen LogP contribution in [0.4, 0.5) is 0 Å². The number of amides is 1. The van der Waals surface area contributed by atoms with Crippen molar-refractivity contribution in [3.63, 3.8) is 0 Å². The van der Waals surface area contributed by atoms with E-state index in [-0.39, 0.29) is 6.04 Å². The van der Waals surface area contributed by atoms with Crippen molar-refractivity contribution < 1.29 is 4.79 Å². The Morgan fingerprint density at radius 3 is 2.19 bits per heavy atom. The molecule has 1 atom stereocenters. The first-order valence-electron chi connectivity index (χ1n) is 8.30. The highest BCUT2D eigenvalue weighted by atomic mass is 16.2. The molecule has 114 valence electrons. The molecule has 3 rings (SSSR count). The molecule has 2 aliphatic carbocycles. The quantitative estimate of drug-likeness (QED) is 0.798. The minimum absolute atomic E-state index is 0.0288. The van der Waals surface area contributed by atoms with Crippen LogP contribution in [0, 0.1) is 11.8 Å². The van der Waals surface area contributed by atoms with E-state index >= 15 is 0 Å². The molecule has 0 radical (unpaired) electrons. The number of carbonyl (C=O) groups excluding carboxylic acids is 1. The smallest absolute Gasteiger partial charge is 0.222 e. The Morgan fingerprint density at radius 1 is 1.10 bits per heavy atom. The second-order valence-corrected chi connectivity index (χ2v) is 6.74. The maximum Gasteiger partial charge on any atom is 0.222 e. The van der Waals surface area contributed by atoms with Crippen molar-refractivity contribution in [1.82, 2.24) is 4.90 Å². The third-order valence-electron chi connectivity index (χ3n) is 4.60. The number of nitrogens with zero attached hydrogens (tertiary/aromatic N) is 1. The first kappa shape index (κ1) is 14.6. The van der Waals surface area contributed by atoms with Gasteiger partial charge in [0.2, 0.25) is 5.91 Å². The average molecular weight is 286 g/mol. The van der Waals surface area contributed by atoms with E-state index in [1.54, 1.807) is 0 Å². The van der Waals surface area contributed by atoms with Gasteiger partial charge in [-0.1, -0.05) is 30.3 Å². The Labute approximate surface area is 127 Å². The molecule has 0 spiro atoms. The number of rotatable bonds is 8. The van der Waals surface area contributed by atoms with Crippen LogP contribution in [0.25, 0.3) is 0 Å². The highest BCUT2D eigenvalue weighted by Gasteiger charge is 2.31. The molecule has 1 unspecified atom stereocenters. The summed E-state index contributed by atoms with van der Waals surface area (Å²) in [4.78, 5) is 14.6. The number of hydrogen-bond acceptors (Lipinski definition) is 2. The summed E-state index contributed by atoms with van der Waals surface area (Å²) in [7, 11) is 0. The summed E-state index contributed by atoms with van der Waals surface area (Å²) in [5.41, 5.74) is 7.33. The topological polar surface area (TPSA) is 46.3 Å². The fourth-order valence-electron chi connectivity index (χ4n) is 2.81. The standard InChI is InChI=1S/C18H26N2O/c19-17(16-4-2-1-3-5-16)10-11-18(21)20(12-14-6-7-14)13-15-8-9-15/h1-5,14-15,17H,6-13,19H2. The van der Waals surface area contributed by atoms with Gasteiger partial charge < -0.3 is 10.6 Å². The number of carbonyl (C=O) groups is 1. The Bertz CT molecular complexity index is 451. The van der Waals surface area contributed by atoms with Gasteiger partial charge in [0.25, 0.3) is 0 Å². The molecule has 1 aromatic carbocycles. The molecular formula is C18H26N2O. The van der Waals surface area contributed by atoms with Gasteiger partial charge in [0, 0.05) is 25.6 Å². The lowest BCUT2D eigenvalue weighted by Crippen LogP contribution is -2.35. The van der Waals surface area contributed by atoms with E-state index < -0.39 is 0 Å². The maximum atomic E-state index is 12.5. The zero-order chi connectivity index (χ0) is 14.7. The Morgan fingerprint density at radius 2 is 1.67 bits per heavy atom. The number of benzene rings is 1. The predicted octanol–water partition coefficient (Wildman–Crippen LogP) is 3.12. The highest BCUT2D eigenvalue weighted by molar-refractivity contribution is 5.76. The lowest BCUT2D eigenvalue weighted by atomic mass is 10.0. The predicted molar refractivity (Wildman–Crippen MR) is 84.6 cm³/mol. The molecule has 3 heteroatoms. The fourth-order valence-corrected chi connectivity index (χ4v) is 2.81. The molecule has 1 amide bonds. The Kier molecular flexibility index (Phi) is 4.59. The third-order valence-corrected chi connectivity index (χ3v) is 4.60. The van der Waals surface area contributed by atoms with Crippen LogP contribution in [-0.2, 0) is 4.79 Å². The largest absolute Gasteiger partial charge is 0.342 e. The van der Waals surface area contributed by atoms with Crippen LogP contribution in [0.1, 0.15) is 50.1 Å². The van der Waals surface area contributed by atoms with Crippen LogP contribution in [0.15, 0.2) is 30.3 Å². The molecule has 3 nitrogen and oxygen atoms in total. The zero-order valence-corrected chi connectivity index (χ0v) is 12.7. The van der Waals surface area contributed by atoms with Crippen LogP contribution >= 0.6 is 0 Å². The van der Waals surface area contributed by atoms with Gasteiger partial charge in [-0.05, 0) is 49.5 Å². The molecule has 2 fully saturated rings. The first-order chi connectivity index (χ1) is 10.2. The lowest BCUT2D eigenvalue weighted by molar-refractivity contribution is -0.131. The zero-order valence-electron chi connectivity index (χ0n) is 12.7. The van der Waals surface area contributed by atoms with Crippen molar-refractivity contribution in [3.05, 3.63) is 35.9 Å². The van der Waals surface area contributed by atoms with Gasteiger partial charge in [0.05, 0.1) is 0 Å². The average Bonchev–Trinajstić information content (AvgIpc) is 3.40. The van der Waals surface area contributed by atoms with Gasteiger partial charge in [-0.2, -0.15) is 0 Å². The molecule has 2 aliphatic rings. The second-order valence-electron chi connectivity index (χ2n) is 6.74. The van der Waals surface area contributed by atoms with E-state index in [1.165, 1.54) is 25.7 Å². The number of hydrogen-bond donors (Lipinski definition) is 1. The van der Waals surface area contributed by atoms with Crippen LogP contribution < -0.4 is 5.73 Å². The molecule has 0 bridgehead atoms. The minimum atomic E-state index is -0.0288. The van der Waals surface area contributed by atoms with Crippen molar-refractivity contribution >= 4 is 5.91 Å². The lowest BCUT2D eigenvalue weighted by Gasteiger charge is -2.23. The van der Waals surface area contributed by atoms with Gasteiger partial charge in [-0.25, -0.2) is 0 Å². The molecule has 2 N–H and O–H groups in total. The molecule has 0 aliphatic heterocycles. The summed E-state index contributed by atoms with van der Waals surface area (Å²) < 4.78 is 0. The van der Waals surface area contributed by atoms with E-state index in [9.17, 15) is 4.79 Å². The monoisotopic (exact) mass is 286 g/mol. The Hall–Kier alpha value is -1.35. The van der Waals surface area contributed by atoms with E-state index in [0.717, 1.165) is 36.9 Å². The maximum absolute atomic E-state index is 12.5. The van der Waals surface area contributed by atoms with Gasteiger partial charge >= 0.3 is 0 Å².